The van der Waals surface area contributed by atoms with Crippen LogP contribution in [0.2, 0.25) is 5.02 Å². The molecule has 1 aromatic carbocycles. The molecule has 1 amide bonds. The quantitative estimate of drug-likeness (QED) is 0.708. The largest absolute Gasteiger partial charge is 0.495 e. The summed E-state index contributed by atoms with van der Waals surface area (Å²) in [6.07, 6.45) is 1.04. The third-order valence-electron chi connectivity index (χ3n) is 3.44. The number of carbonyl (C=O) groups is 2. The lowest BCUT2D eigenvalue weighted by Gasteiger charge is -2.22. The number of hydrogen-bond donors (Lipinski definition) is 1. The van der Waals surface area contributed by atoms with E-state index in [1.165, 1.54) is 20.1 Å². The Bertz CT molecular complexity index is 926. The molecule has 0 bridgehead atoms. The second kappa shape index (κ2) is 8.40. The highest BCUT2D eigenvalue weighted by Gasteiger charge is 2.30. The van der Waals surface area contributed by atoms with E-state index in [9.17, 15) is 18.0 Å². The van der Waals surface area contributed by atoms with Crippen molar-refractivity contribution in [1.29, 1.82) is 0 Å². The maximum atomic E-state index is 12.2. The molecular weight excluding hydrogens is 398 g/mol. The molecule has 1 aliphatic heterocycles. The second-order valence-corrected chi connectivity index (χ2v) is 7.31. The molecule has 1 heterocycles. The van der Waals surface area contributed by atoms with E-state index < -0.39 is 28.6 Å². The molecule has 0 saturated carbocycles. The highest BCUT2D eigenvalue weighted by atomic mass is 35.5. The van der Waals surface area contributed by atoms with Crippen LogP contribution in [0.25, 0.3) is 0 Å². The van der Waals surface area contributed by atoms with Gasteiger partial charge in [0.1, 0.15) is 12.3 Å². The molecule has 1 aliphatic rings. The van der Waals surface area contributed by atoms with E-state index in [1.54, 1.807) is 19.1 Å². The molecule has 0 aromatic heterocycles. The number of halogens is 1. The Morgan fingerprint density at radius 3 is 2.63 bits per heavy atom. The van der Waals surface area contributed by atoms with E-state index in [-0.39, 0.29) is 22.9 Å². The first-order chi connectivity index (χ1) is 12.7. The van der Waals surface area contributed by atoms with E-state index in [0.717, 1.165) is 6.20 Å². The minimum atomic E-state index is -4.13. The van der Waals surface area contributed by atoms with E-state index in [2.05, 4.69) is 9.71 Å². The van der Waals surface area contributed by atoms with Crippen molar-refractivity contribution in [3.8, 4) is 5.75 Å². The predicted octanol–water partition coefficient (Wildman–Crippen LogP) is 1.76. The van der Waals surface area contributed by atoms with E-state index in [0.29, 0.717) is 15.7 Å². The second-order valence-electron chi connectivity index (χ2n) is 5.36. The van der Waals surface area contributed by atoms with Crippen molar-refractivity contribution in [3.05, 3.63) is 35.0 Å². The van der Waals surface area contributed by atoms with Gasteiger partial charge in [-0.2, -0.15) is 8.42 Å². The molecule has 1 aromatic rings. The Morgan fingerprint density at radius 1 is 1.33 bits per heavy atom. The predicted molar refractivity (Wildman–Crippen MR) is 100 cm³/mol. The van der Waals surface area contributed by atoms with E-state index >= 15 is 0 Å². The monoisotopic (exact) mass is 415 g/mol. The van der Waals surface area contributed by atoms with Gasteiger partial charge in [0, 0.05) is 11.9 Å². The lowest BCUT2D eigenvalue weighted by Crippen LogP contribution is -2.37. The third kappa shape index (κ3) is 4.98. The van der Waals surface area contributed by atoms with Crippen LogP contribution in [0.3, 0.4) is 0 Å². The van der Waals surface area contributed by atoms with Crippen LogP contribution in [0.5, 0.6) is 5.75 Å². The maximum Gasteiger partial charge on any atom is 0.344 e. The van der Waals surface area contributed by atoms with Crippen LogP contribution in [0.1, 0.15) is 13.8 Å². The van der Waals surface area contributed by atoms with Crippen molar-refractivity contribution < 1.29 is 27.5 Å². The lowest BCUT2D eigenvalue weighted by molar-refractivity contribution is -0.138. The summed E-state index contributed by atoms with van der Waals surface area (Å²) in [4.78, 5) is 24.2. The van der Waals surface area contributed by atoms with Gasteiger partial charge in [-0.3, -0.25) is 4.79 Å². The minimum absolute atomic E-state index is 0.00737. The van der Waals surface area contributed by atoms with Crippen molar-refractivity contribution in [2.45, 2.75) is 13.8 Å². The first-order valence-electron chi connectivity index (χ1n) is 7.79. The summed E-state index contributed by atoms with van der Waals surface area (Å²) in [5.74, 6) is -0.935. The zero-order valence-electron chi connectivity index (χ0n) is 14.9. The van der Waals surface area contributed by atoms with Gasteiger partial charge >= 0.3 is 16.2 Å². The Labute approximate surface area is 161 Å². The number of ether oxygens (including phenoxy) is 2. The molecule has 0 atom stereocenters. The van der Waals surface area contributed by atoms with E-state index in [4.69, 9.17) is 21.1 Å². The van der Waals surface area contributed by atoms with Crippen LogP contribution >= 0.6 is 11.6 Å². The van der Waals surface area contributed by atoms with Gasteiger partial charge in [0.25, 0.3) is 0 Å². The number of anilines is 1. The first-order valence-corrected chi connectivity index (χ1v) is 9.56. The van der Waals surface area contributed by atoms with Gasteiger partial charge in [0.2, 0.25) is 5.91 Å². The summed E-state index contributed by atoms with van der Waals surface area (Å²) in [5.41, 5.74) is 0.313. The van der Waals surface area contributed by atoms with Crippen molar-refractivity contribution in [2.75, 3.05) is 25.6 Å². The summed E-state index contributed by atoms with van der Waals surface area (Å²) < 4.78 is 38.4. The molecular formula is C16H18ClN3O6S. The minimum Gasteiger partial charge on any atom is -0.495 e. The van der Waals surface area contributed by atoms with Gasteiger partial charge in [-0.1, -0.05) is 11.6 Å². The maximum absolute atomic E-state index is 12.2. The molecule has 0 fully saturated rings. The number of methoxy groups -OCH3 is 1. The zero-order chi connectivity index (χ0) is 20.2. The van der Waals surface area contributed by atoms with Crippen LogP contribution in [0, 0.1) is 0 Å². The van der Waals surface area contributed by atoms with Gasteiger partial charge in [-0.05, 0) is 32.0 Å². The van der Waals surface area contributed by atoms with Crippen molar-refractivity contribution in [2.24, 2.45) is 4.40 Å². The Kier molecular flexibility index (Phi) is 6.45. The summed E-state index contributed by atoms with van der Waals surface area (Å²) in [5, 5.41) is 2.80. The smallest absolute Gasteiger partial charge is 0.344 e. The van der Waals surface area contributed by atoms with Gasteiger partial charge in [-0.15, -0.1) is 4.40 Å². The Hall–Kier alpha value is -2.59. The van der Waals surface area contributed by atoms with Crippen LogP contribution in [-0.4, -0.2) is 50.6 Å². The van der Waals surface area contributed by atoms with Gasteiger partial charge in [0.15, 0.2) is 0 Å². The highest BCUT2D eigenvalue weighted by Crippen LogP contribution is 2.27. The lowest BCUT2D eigenvalue weighted by atomic mass is 10.2. The normalized spacial score (nSPS) is 15.5. The number of carbonyl (C=O) groups excluding carboxylic acids is 2. The summed E-state index contributed by atoms with van der Waals surface area (Å²) >= 11 is 5.99. The van der Waals surface area contributed by atoms with Crippen LogP contribution in [-0.2, 0) is 24.5 Å². The number of nitrogens with zero attached hydrogens (tertiary/aromatic N) is 2. The molecule has 0 spiro atoms. The first kappa shape index (κ1) is 20.7. The number of rotatable bonds is 6. The standard InChI is InChI=1S/C16H18ClN3O6S/c1-4-26-16(22)12-8-20(27(23,24)19-10(12)2)9-15(21)18-11-5-6-14(25-3)13(17)7-11/h5-8H,4,9H2,1-3H3,(H,18,21). The van der Waals surface area contributed by atoms with Crippen LogP contribution < -0.4 is 10.1 Å². The van der Waals surface area contributed by atoms with Gasteiger partial charge in [0.05, 0.1) is 30.0 Å². The fourth-order valence-corrected chi connectivity index (χ4v) is 3.53. The molecule has 0 aliphatic carbocycles. The highest BCUT2D eigenvalue weighted by molar-refractivity contribution is 7.88. The summed E-state index contributed by atoms with van der Waals surface area (Å²) in [6, 6.07) is 4.57. The summed E-state index contributed by atoms with van der Waals surface area (Å²) in [6.45, 7) is 2.54. The average Bonchev–Trinajstić information content (AvgIpc) is 2.57. The van der Waals surface area contributed by atoms with Crippen LogP contribution in [0.15, 0.2) is 34.4 Å². The van der Waals surface area contributed by atoms with Crippen molar-refractivity contribution in [3.63, 3.8) is 0 Å². The van der Waals surface area contributed by atoms with Crippen molar-refractivity contribution in [1.82, 2.24) is 4.31 Å². The molecule has 9 nitrogen and oxygen atoms in total. The molecule has 0 unspecified atom stereocenters. The van der Waals surface area contributed by atoms with Crippen molar-refractivity contribution >= 4 is 45.1 Å². The molecule has 11 heteroatoms. The Morgan fingerprint density at radius 2 is 2.04 bits per heavy atom. The number of hydrogen-bond acceptors (Lipinski definition) is 6. The number of esters is 1. The summed E-state index contributed by atoms with van der Waals surface area (Å²) in [7, 11) is -2.68. The van der Waals surface area contributed by atoms with Gasteiger partial charge in [-0.25, -0.2) is 9.10 Å². The Balaban J connectivity index is 2.17. The number of amides is 1. The van der Waals surface area contributed by atoms with Gasteiger partial charge < -0.3 is 14.8 Å². The number of nitrogens with one attached hydrogen (secondary N) is 1. The number of benzene rings is 1. The fourth-order valence-electron chi connectivity index (χ4n) is 2.20. The molecule has 27 heavy (non-hydrogen) atoms. The fraction of sp³-hybridized carbons (Fsp3) is 0.312. The molecule has 146 valence electrons. The molecule has 2 rings (SSSR count). The topological polar surface area (TPSA) is 114 Å². The molecule has 0 saturated heterocycles. The SMILES string of the molecule is CCOC(=O)C1=CN(CC(=O)Nc2ccc(OC)c(Cl)c2)S(=O)(=O)N=C1C. The average molecular weight is 416 g/mol. The zero-order valence-corrected chi connectivity index (χ0v) is 16.4. The van der Waals surface area contributed by atoms with Crippen LogP contribution in [0.4, 0.5) is 5.69 Å². The third-order valence-corrected chi connectivity index (χ3v) is 5.07. The van der Waals surface area contributed by atoms with E-state index in [1.807, 2.05) is 0 Å². The molecule has 0 radical (unpaired) electrons. The molecule has 1 N–H and O–H groups in total.